The average molecular weight is 415 g/mol. The number of nitrogens with one attached hydrogen (secondary N) is 1. The van der Waals surface area contributed by atoms with Crippen molar-refractivity contribution in [3.8, 4) is 11.4 Å². The Kier molecular flexibility index (Phi) is 7.12. The molecule has 1 N–H and O–H groups in total. The third-order valence-corrected chi connectivity index (χ3v) is 5.75. The van der Waals surface area contributed by atoms with E-state index in [1.165, 1.54) is 11.8 Å². The van der Waals surface area contributed by atoms with Crippen LogP contribution in [0.15, 0.2) is 59.8 Å². The molecule has 0 aliphatic heterocycles. The molecule has 0 fully saturated rings. The van der Waals surface area contributed by atoms with Gasteiger partial charge in [-0.3, -0.25) is 4.79 Å². The highest BCUT2D eigenvalue weighted by molar-refractivity contribution is 7.99. The molecule has 1 amide bonds. The predicted molar refractivity (Wildman–Crippen MR) is 114 cm³/mol. The summed E-state index contributed by atoms with van der Waals surface area (Å²) >= 11 is 7.63. The highest BCUT2D eigenvalue weighted by Gasteiger charge is 2.17. The van der Waals surface area contributed by atoms with Crippen LogP contribution < -0.4 is 5.32 Å². The normalized spacial score (nSPS) is 12.0. The van der Waals surface area contributed by atoms with Gasteiger partial charge in [0.2, 0.25) is 5.91 Å². The Morgan fingerprint density at radius 3 is 2.57 bits per heavy atom. The molecule has 146 valence electrons. The summed E-state index contributed by atoms with van der Waals surface area (Å²) in [5.74, 6) is 0.943. The maximum atomic E-state index is 12.5. The number of nitrogens with zero attached hydrogens (tertiary/aromatic N) is 3. The Balaban J connectivity index is 1.64. The van der Waals surface area contributed by atoms with Crippen LogP contribution in [0.3, 0.4) is 0 Å². The van der Waals surface area contributed by atoms with Crippen molar-refractivity contribution in [3.63, 3.8) is 0 Å². The molecular formula is C21H23ClN4OS. The lowest BCUT2D eigenvalue weighted by atomic mass is 10.0. The minimum Gasteiger partial charge on any atom is -0.349 e. The lowest BCUT2D eigenvalue weighted by Crippen LogP contribution is -2.30. The molecule has 1 heterocycles. The minimum absolute atomic E-state index is 0.0189. The summed E-state index contributed by atoms with van der Waals surface area (Å²) in [6.45, 7) is 2.12. The summed E-state index contributed by atoms with van der Waals surface area (Å²) in [6.07, 6.45) is 1.90. The number of hydrogen-bond donors (Lipinski definition) is 1. The van der Waals surface area contributed by atoms with Crippen LogP contribution in [0.4, 0.5) is 0 Å². The van der Waals surface area contributed by atoms with Crippen molar-refractivity contribution in [2.75, 3.05) is 5.75 Å². The van der Waals surface area contributed by atoms with Crippen LogP contribution in [-0.2, 0) is 11.8 Å². The van der Waals surface area contributed by atoms with Gasteiger partial charge in [-0.2, -0.15) is 0 Å². The first kappa shape index (κ1) is 20.4. The summed E-state index contributed by atoms with van der Waals surface area (Å²) in [5, 5.41) is 12.9. The van der Waals surface area contributed by atoms with E-state index in [1.54, 1.807) is 0 Å². The zero-order chi connectivity index (χ0) is 19.9. The molecule has 28 heavy (non-hydrogen) atoms. The molecule has 3 aromatic rings. The molecule has 0 aliphatic rings. The Morgan fingerprint density at radius 1 is 1.14 bits per heavy atom. The largest absolute Gasteiger partial charge is 0.349 e. The third-order valence-electron chi connectivity index (χ3n) is 4.40. The van der Waals surface area contributed by atoms with Gasteiger partial charge in [0.25, 0.3) is 0 Å². The van der Waals surface area contributed by atoms with Crippen LogP contribution >= 0.6 is 23.4 Å². The quantitative estimate of drug-likeness (QED) is 0.533. The summed E-state index contributed by atoms with van der Waals surface area (Å²) in [5.41, 5.74) is 1.95. The van der Waals surface area contributed by atoms with Gasteiger partial charge in [-0.15, -0.1) is 10.2 Å². The van der Waals surface area contributed by atoms with Crippen molar-refractivity contribution in [2.24, 2.45) is 7.05 Å². The van der Waals surface area contributed by atoms with Gasteiger partial charge in [0.1, 0.15) is 0 Å². The van der Waals surface area contributed by atoms with Crippen LogP contribution in [0.1, 0.15) is 31.4 Å². The molecule has 2 aromatic carbocycles. The molecule has 0 radical (unpaired) electrons. The van der Waals surface area contributed by atoms with E-state index in [1.807, 2.05) is 66.2 Å². The third kappa shape index (κ3) is 4.94. The van der Waals surface area contributed by atoms with Gasteiger partial charge in [-0.1, -0.05) is 79.2 Å². The predicted octanol–water partition coefficient (Wildman–Crippen LogP) is 4.89. The lowest BCUT2D eigenvalue weighted by molar-refractivity contribution is -0.119. The fraction of sp³-hybridized carbons (Fsp3) is 0.286. The summed E-state index contributed by atoms with van der Waals surface area (Å²) < 4.78 is 1.86. The van der Waals surface area contributed by atoms with Gasteiger partial charge in [-0.05, 0) is 24.1 Å². The van der Waals surface area contributed by atoms with Gasteiger partial charge in [-0.25, -0.2) is 0 Å². The van der Waals surface area contributed by atoms with E-state index in [9.17, 15) is 4.79 Å². The van der Waals surface area contributed by atoms with Gasteiger partial charge in [0.05, 0.1) is 16.8 Å². The van der Waals surface area contributed by atoms with E-state index in [0.29, 0.717) is 16.0 Å². The second-order valence-electron chi connectivity index (χ2n) is 6.45. The van der Waals surface area contributed by atoms with Gasteiger partial charge >= 0.3 is 0 Å². The smallest absolute Gasteiger partial charge is 0.230 e. The van der Waals surface area contributed by atoms with Crippen molar-refractivity contribution in [1.29, 1.82) is 0 Å². The maximum absolute atomic E-state index is 12.5. The molecule has 7 heteroatoms. The van der Waals surface area contributed by atoms with E-state index < -0.39 is 0 Å². The molecule has 0 spiro atoms. The fourth-order valence-electron chi connectivity index (χ4n) is 2.98. The second-order valence-corrected chi connectivity index (χ2v) is 7.80. The molecule has 0 unspecified atom stereocenters. The lowest BCUT2D eigenvalue weighted by Gasteiger charge is -2.18. The van der Waals surface area contributed by atoms with Crippen LogP contribution in [-0.4, -0.2) is 26.4 Å². The minimum atomic E-state index is -0.0189. The fourth-order valence-corrected chi connectivity index (χ4v) is 3.92. The molecule has 0 bridgehead atoms. The molecule has 1 atom stereocenters. The Morgan fingerprint density at radius 2 is 1.86 bits per heavy atom. The number of aromatic nitrogens is 3. The highest BCUT2D eigenvalue weighted by atomic mass is 35.5. The van der Waals surface area contributed by atoms with E-state index in [0.717, 1.165) is 24.0 Å². The first-order chi connectivity index (χ1) is 13.6. The monoisotopic (exact) mass is 414 g/mol. The first-order valence-corrected chi connectivity index (χ1v) is 10.6. The van der Waals surface area contributed by atoms with Crippen molar-refractivity contribution < 1.29 is 4.79 Å². The van der Waals surface area contributed by atoms with Crippen LogP contribution in [0, 0.1) is 0 Å². The van der Waals surface area contributed by atoms with Crippen molar-refractivity contribution in [2.45, 2.75) is 31.0 Å². The number of thioether (sulfide) groups is 1. The Bertz CT molecular complexity index is 929. The van der Waals surface area contributed by atoms with E-state index >= 15 is 0 Å². The number of benzene rings is 2. The van der Waals surface area contributed by atoms with E-state index in [-0.39, 0.29) is 17.7 Å². The van der Waals surface area contributed by atoms with E-state index in [2.05, 4.69) is 22.4 Å². The van der Waals surface area contributed by atoms with Gasteiger partial charge < -0.3 is 9.88 Å². The van der Waals surface area contributed by atoms with Crippen molar-refractivity contribution >= 4 is 29.3 Å². The zero-order valence-electron chi connectivity index (χ0n) is 15.9. The summed E-state index contributed by atoms with van der Waals surface area (Å²) in [4.78, 5) is 12.5. The Labute approximate surface area is 174 Å². The average Bonchev–Trinajstić information content (AvgIpc) is 3.07. The molecule has 0 aliphatic carbocycles. The molecule has 1 aromatic heterocycles. The number of rotatable bonds is 8. The number of hydrogen-bond acceptors (Lipinski definition) is 4. The molecule has 5 nitrogen and oxygen atoms in total. The van der Waals surface area contributed by atoms with Gasteiger partial charge in [0.15, 0.2) is 11.0 Å². The zero-order valence-corrected chi connectivity index (χ0v) is 17.5. The summed E-state index contributed by atoms with van der Waals surface area (Å²) in [6, 6.07) is 17.6. The summed E-state index contributed by atoms with van der Waals surface area (Å²) in [7, 11) is 1.88. The maximum Gasteiger partial charge on any atom is 0.230 e. The van der Waals surface area contributed by atoms with Crippen LogP contribution in [0.25, 0.3) is 11.4 Å². The van der Waals surface area contributed by atoms with Crippen molar-refractivity contribution in [1.82, 2.24) is 20.1 Å². The molecule has 3 rings (SSSR count). The highest BCUT2D eigenvalue weighted by Crippen LogP contribution is 2.28. The number of amides is 1. The number of carbonyl (C=O) groups excluding carboxylic acids is 1. The molecular weight excluding hydrogens is 392 g/mol. The van der Waals surface area contributed by atoms with E-state index in [4.69, 9.17) is 11.6 Å². The second kappa shape index (κ2) is 9.75. The Hall–Kier alpha value is -2.31. The SMILES string of the molecule is CCC[C@@H](NC(=O)CSc1nnc(-c2ccccc2Cl)n1C)c1ccccc1. The van der Waals surface area contributed by atoms with Crippen molar-refractivity contribution in [3.05, 3.63) is 65.2 Å². The topological polar surface area (TPSA) is 59.8 Å². The number of carbonyl (C=O) groups is 1. The first-order valence-electron chi connectivity index (χ1n) is 9.21. The van der Waals surface area contributed by atoms with Crippen LogP contribution in [0.5, 0.6) is 0 Å². The van der Waals surface area contributed by atoms with Gasteiger partial charge in [0, 0.05) is 12.6 Å². The molecule has 0 saturated carbocycles. The number of halogens is 1. The van der Waals surface area contributed by atoms with Crippen LogP contribution in [0.2, 0.25) is 5.02 Å². The standard InChI is InChI=1S/C21H23ClN4OS/c1-3-9-18(15-10-5-4-6-11-15)23-19(27)14-28-21-25-24-20(26(21)2)16-12-7-8-13-17(16)22/h4-8,10-13,18H,3,9,14H2,1-2H3,(H,23,27)/t18-/m1/s1. The molecule has 0 saturated heterocycles.